The van der Waals surface area contributed by atoms with Crippen molar-refractivity contribution in [3.8, 4) is 0 Å². The Balaban J connectivity index is 1.42. The number of carbonyl (C=O) groups is 1. The molecule has 1 N–H and O–H groups in total. The van der Waals surface area contributed by atoms with E-state index in [1.807, 2.05) is 12.1 Å². The van der Waals surface area contributed by atoms with E-state index in [0.717, 1.165) is 21.4 Å². The van der Waals surface area contributed by atoms with Crippen LogP contribution in [0.4, 0.5) is 5.69 Å². The predicted molar refractivity (Wildman–Crippen MR) is 128 cm³/mol. The molecule has 0 spiro atoms. The van der Waals surface area contributed by atoms with Gasteiger partial charge in [-0.25, -0.2) is 0 Å². The Labute approximate surface area is 194 Å². The Morgan fingerprint density at radius 3 is 2.47 bits per heavy atom. The van der Waals surface area contributed by atoms with E-state index < -0.39 is 4.92 Å². The standard InChI is InChI=1S/C24H20ClN3O3S/c25-19-9-7-18(8-10-19)24(29)26-13-14-27-15-23(21-3-1-2-4-22(21)27)32-16-17-5-11-20(12-6-17)28(30)31/h1-12,15H,13-14,16H2,(H,26,29). The van der Waals surface area contributed by atoms with Crippen LogP contribution in [0.25, 0.3) is 10.9 Å². The van der Waals surface area contributed by atoms with E-state index >= 15 is 0 Å². The summed E-state index contributed by atoms with van der Waals surface area (Å²) in [5.74, 6) is 0.574. The number of nitro groups is 1. The molecule has 0 aliphatic carbocycles. The first kappa shape index (κ1) is 21.9. The number of hydrogen-bond donors (Lipinski definition) is 1. The number of nitrogens with zero attached hydrogens (tertiary/aromatic N) is 2. The molecule has 0 unspecified atom stereocenters. The van der Waals surface area contributed by atoms with Crippen molar-refractivity contribution in [2.75, 3.05) is 6.54 Å². The third kappa shape index (κ3) is 5.12. The molecule has 4 rings (SSSR count). The molecule has 3 aromatic carbocycles. The van der Waals surface area contributed by atoms with E-state index in [2.05, 4.69) is 28.2 Å². The smallest absolute Gasteiger partial charge is 0.269 e. The van der Waals surface area contributed by atoms with Crippen molar-refractivity contribution >= 4 is 45.9 Å². The minimum Gasteiger partial charge on any atom is -0.350 e. The number of halogens is 1. The minimum absolute atomic E-state index is 0.0935. The van der Waals surface area contributed by atoms with Crippen molar-refractivity contribution in [2.24, 2.45) is 0 Å². The molecule has 6 nitrogen and oxygen atoms in total. The molecule has 162 valence electrons. The molecule has 0 atom stereocenters. The number of benzene rings is 3. The molecular formula is C24H20ClN3O3S. The first-order chi connectivity index (χ1) is 15.5. The van der Waals surface area contributed by atoms with Gasteiger partial charge < -0.3 is 9.88 Å². The Morgan fingerprint density at radius 1 is 1.03 bits per heavy atom. The SMILES string of the molecule is O=C(NCCn1cc(SCc2ccc([N+](=O)[O-])cc2)c2ccccc21)c1ccc(Cl)cc1. The summed E-state index contributed by atoms with van der Waals surface area (Å²) in [7, 11) is 0. The quantitative estimate of drug-likeness (QED) is 0.199. The number of rotatable bonds is 8. The van der Waals surface area contributed by atoms with Crippen molar-refractivity contribution in [1.82, 2.24) is 9.88 Å². The monoisotopic (exact) mass is 465 g/mol. The number of fused-ring (bicyclic) bond motifs is 1. The van der Waals surface area contributed by atoms with Crippen LogP contribution in [0.1, 0.15) is 15.9 Å². The molecule has 0 radical (unpaired) electrons. The molecule has 4 aromatic rings. The fourth-order valence-corrected chi connectivity index (χ4v) is 4.55. The summed E-state index contributed by atoms with van der Waals surface area (Å²) in [5, 5.41) is 15.5. The molecule has 8 heteroatoms. The Hall–Kier alpha value is -3.29. The van der Waals surface area contributed by atoms with Crippen molar-refractivity contribution in [1.29, 1.82) is 0 Å². The van der Waals surface area contributed by atoms with Crippen LogP contribution >= 0.6 is 23.4 Å². The van der Waals surface area contributed by atoms with Gasteiger partial charge in [0.2, 0.25) is 0 Å². The van der Waals surface area contributed by atoms with Crippen LogP contribution in [-0.4, -0.2) is 21.9 Å². The van der Waals surface area contributed by atoms with Gasteiger partial charge >= 0.3 is 0 Å². The number of para-hydroxylation sites is 1. The number of nitro benzene ring substituents is 1. The Kier molecular flexibility index (Phi) is 6.78. The molecule has 1 aromatic heterocycles. The summed E-state index contributed by atoms with van der Waals surface area (Å²) in [5.41, 5.74) is 2.79. The van der Waals surface area contributed by atoms with Crippen LogP contribution in [0.2, 0.25) is 5.02 Å². The fourth-order valence-electron chi connectivity index (χ4n) is 3.38. The molecule has 0 bridgehead atoms. The van der Waals surface area contributed by atoms with Gasteiger partial charge in [-0.05, 0) is 35.9 Å². The molecular weight excluding hydrogens is 446 g/mol. The van der Waals surface area contributed by atoms with E-state index in [0.29, 0.717) is 29.4 Å². The summed E-state index contributed by atoms with van der Waals surface area (Å²) in [6.07, 6.45) is 2.09. The zero-order valence-corrected chi connectivity index (χ0v) is 18.6. The van der Waals surface area contributed by atoms with Gasteiger partial charge in [-0.1, -0.05) is 41.9 Å². The van der Waals surface area contributed by atoms with Gasteiger partial charge in [-0.3, -0.25) is 14.9 Å². The van der Waals surface area contributed by atoms with E-state index in [1.165, 1.54) is 12.1 Å². The largest absolute Gasteiger partial charge is 0.350 e. The van der Waals surface area contributed by atoms with Crippen LogP contribution < -0.4 is 5.32 Å². The third-order valence-corrected chi connectivity index (χ3v) is 6.40. The van der Waals surface area contributed by atoms with Gasteiger partial charge in [-0.15, -0.1) is 11.8 Å². The molecule has 0 saturated heterocycles. The number of hydrogen-bond acceptors (Lipinski definition) is 4. The highest BCUT2D eigenvalue weighted by Gasteiger charge is 2.11. The van der Waals surface area contributed by atoms with E-state index in [-0.39, 0.29) is 11.6 Å². The fraction of sp³-hybridized carbons (Fsp3) is 0.125. The zero-order valence-electron chi connectivity index (χ0n) is 17.0. The third-order valence-electron chi connectivity index (χ3n) is 5.04. The second kappa shape index (κ2) is 9.89. The lowest BCUT2D eigenvalue weighted by Gasteiger charge is -2.08. The predicted octanol–water partition coefficient (Wildman–Crippen LogP) is 5.93. The number of thioether (sulfide) groups is 1. The molecule has 0 aliphatic heterocycles. The van der Waals surface area contributed by atoms with Gasteiger partial charge in [0, 0.05) is 63.6 Å². The maximum absolute atomic E-state index is 12.3. The molecule has 1 amide bonds. The highest BCUT2D eigenvalue weighted by molar-refractivity contribution is 7.98. The zero-order chi connectivity index (χ0) is 22.5. The second-order valence-electron chi connectivity index (χ2n) is 7.18. The van der Waals surface area contributed by atoms with Gasteiger partial charge in [0.15, 0.2) is 0 Å². The topological polar surface area (TPSA) is 77.2 Å². The van der Waals surface area contributed by atoms with Crippen molar-refractivity contribution < 1.29 is 9.72 Å². The van der Waals surface area contributed by atoms with E-state index in [1.54, 1.807) is 48.2 Å². The Morgan fingerprint density at radius 2 is 1.75 bits per heavy atom. The van der Waals surface area contributed by atoms with Gasteiger partial charge in [0.05, 0.1) is 4.92 Å². The highest BCUT2D eigenvalue weighted by Crippen LogP contribution is 2.32. The van der Waals surface area contributed by atoms with E-state index in [4.69, 9.17) is 11.6 Å². The lowest BCUT2D eigenvalue weighted by molar-refractivity contribution is -0.384. The van der Waals surface area contributed by atoms with Crippen molar-refractivity contribution in [3.63, 3.8) is 0 Å². The normalized spacial score (nSPS) is 10.9. The first-order valence-electron chi connectivity index (χ1n) is 9.99. The summed E-state index contributed by atoms with van der Waals surface area (Å²) in [4.78, 5) is 23.9. The number of carbonyl (C=O) groups excluding carboxylic acids is 1. The van der Waals surface area contributed by atoms with Crippen LogP contribution in [0, 0.1) is 10.1 Å². The maximum atomic E-state index is 12.3. The van der Waals surface area contributed by atoms with Crippen LogP contribution in [0.3, 0.4) is 0 Å². The first-order valence-corrected chi connectivity index (χ1v) is 11.4. The second-order valence-corrected chi connectivity index (χ2v) is 8.63. The minimum atomic E-state index is -0.393. The molecule has 1 heterocycles. The summed E-state index contributed by atoms with van der Waals surface area (Å²) < 4.78 is 2.13. The van der Waals surface area contributed by atoms with Crippen molar-refractivity contribution in [2.45, 2.75) is 17.2 Å². The summed E-state index contributed by atoms with van der Waals surface area (Å²) in [6, 6.07) is 21.6. The Bertz CT molecular complexity index is 1250. The van der Waals surface area contributed by atoms with Gasteiger partial charge in [0.25, 0.3) is 11.6 Å². The lowest BCUT2D eigenvalue weighted by atomic mass is 10.2. The molecule has 0 aliphatic rings. The maximum Gasteiger partial charge on any atom is 0.269 e. The lowest BCUT2D eigenvalue weighted by Crippen LogP contribution is -2.27. The van der Waals surface area contributed by atoms with Crippen LogP contribution in [-0.2, 0) is 12.3 Å². The van der Waals surface area contributed by atoms with E-state index in [9.17, 15) is 14.9 Å². The number of amides is 1. The number of non-ortho nitro benzene ring substituents is 1. The molecule has 32 heavy (non-hydrogen) atoms. The van der Waals surface area contributed by atoms with Crippen LogP contribution in [0.15, 0.2) is 83.9 Å². The highest BCUT2D eigenvalue weighted by atomic mass is 35.5. The molecule has 0 fully saturated rings. The van der Waals surface area contributed by atoms with Crippen LogP contribution in [0.5, 0.6) is 0 Å². The molecule has 0 saturated carbocycles. The average molecular weight is 466 g/mol. The number of aromatic nitrogens is 1. The summed E-state index contributed by atoms with van der Waals surface area (Å²) in [6.45, 7) is 1.13. The number of nitrogens with one attached hydrogen (secondary N) is 1. The van der Waals surface area contributed by atoms with Gasteiger partial charge in [-0.2, -0.15) is 0 Å². The van der Waals surface area contributed by atoms with Crippen molar-refractivity contribution in [3.05, 3.63) is 105 Å². The van der Waals surface area contributed by atoms with Gasteiger partial charge in [0.1, 0.15) is 0 Å². The average Bonchev–Trinajstić information content (AvgIpc) is 3.16. The summed E-state index contributed by atoms with van der Waals surface area (Å²) >= 11 is 7.56.